The van der Waals surface area contributed by atoms with Crippen LogP contribution in [0.1, 0.15) is 16.7 Å². The van der Waals surface area contributed by atoms with Crippen LogP contribution in [0.5, 0.6) is 17.2 Å². The molecule has 4 nitrogen and oxygen atoms in total. The standard InChI is InChI=1S/C23H23BrClNO3/c1-15-4-6-16(7-5-15)14-29-23-12-19(24)17(10-22(23)28-3)13-26-18-8-9-21(27-2)20(25)11-18/h4-12,26H,13-14H2,1-3H3. The smallest absolute Gasteiger partial charge is 0.162 e. The normalized spacial score (nSPS) is 10.5. The Balaban J connectivity index is 1.70. The van der Waals surface area contributed by atoms with Crippen LogP contribution in [0.4, 0.5) is 5.69 Å². The van der Waals surface area contributed by atoms with E-state index in [0.29, 0.717) is 35.4 Å². The molecule has 6 heteroatoms. The van der Waals surface area contributed by atoms with Crippen molar-refractivity contribution in [1.82, 2.24) is 0 Å². The Labute approximate surface area is 184 Å². The molecule has 0 saturated heterocycles. The third-order valence-corrected chi connectivity index (χ3v) is 5.52. The second-order valence-electron chi connectivity index (χ2n) is 6.57. The summed E-state index contributed by atoms with van der Waals surface area (Å²) in [5.41, 5.74) is 4.28. The Hall–Kier alpha value is -2.37. The number of benzene rings is 3. The van der Waals surface area contributed by atoms with Crippen LogP contribution in [-0.2, 0) is 13.2 Å². The van der Waals surface area contributed by atoms with E-state index in [9.17, 15) is 0 Å². The minimum absolute atomic E-state index is 0.477. The fourth-order valence-corrected chi connectivity index (χ4v) is 3.52. The van der Waals surface area contributed by atoms with Gasteiger partial charge in [0.1, 0.15) is 12.4 Å². The molecule has 3 aromatic rings. The first-order valence-corrected chi connectivity index (χ1v) is 10.3. The number of aryl methyl sites for hydroxylation is 1. The molecule has 29 heavy (non-hydrogen) atoms. The van der Waals surface area contributed by atoms with E-state index < -0.39 is 0 Å². The summed E-state index contributed by atoms with van der Waals surface area (Å²) < 4.78 is 17.6. The first kappa shape index (κ1) is 21.3. The summed E-state index contributed by atoms with van der Waals surface area (Å²) in [7, 11) is 3.24. The van der Waals surface area contributed by atoms with Crippen LogP contribution in [-0.4, -0.2) is 14.2 Å². The van der Waals surface area contributed by atoms with Crippen molar-refractivity contribution in [2.45, 2.75) is 20.1 Å². The minimum atomic E-state index is 0.477. The highest BCUT2D eigenvalue weighted by molar-refractivity contribution is 9.10. The molecular formula is C23H23BrClNO3. The number of rotatable bonds is 8. The summed E-state index contributed by atoms with van der Waals surface area (Å²) in [6, 6.07) is 17.8. The molecule has 0 unspecified atom stereocenters. The van der Waals surface area contributed by atoms with Gasteiger partial charge in [0.15, 0.2) is 11.5 Å². The lowest BCUT2D eigenvalue weighted by molar-refractivity contribution is 0.284. The number of hydrogen-bond acceptors (Lipinski definition) is 4. The van der Waals surface area contributed by atoms with Gasteiger partial charge in [-0.25, -0.2) is 0 Å². The summed E-state index contributed by atoms with van der Waals surface area (Å²) in [6.45, 7) is 3.14. The SMILES string of the molecule is COc1ccc(NCc2cc(OC)c(OCc3ccc(C)cc3)cc2Br)cc1Cl. The van der Waals surface area contributed by atoms with Crippen molar-refractivity contribution in [1.29, 1.82) is 0 Å². The molecule has 0 aliphatic carbocycles. The van der Waals surface area contributed by atoms with Crippen molar-refractivity contribution < 1.29 is 14.2 Å². The van der Waals surface area contributed by atoms with Crippen molar-refractivity contribution in [3.63, 3.8) is 0 Å². The zero-order chi connectivity index (χ0) is 20.8. The third kappa shape index (κ3) is 5.58. The Morgan fingerprint density at radius 1 is 0.897 bits per heavy atom. The lowest BCUT2D eigenvalue weighted by atomic mass is 10.1. The zero-order valence-corrected chi connectivity index (χ0v) is 18.9. The molecule has 0 saturated carbocycles. The predicted octanol–water partition coefficient (Wildman–Crippen LogP) is 6.62. The Bertz CT molecular complexity index is 977. The van der Waals surface area contributed by atoms with Gasteiger partial charge in [-0.05, 0) is 48.4 Å². The van der Waals surface area contributed by atoms with Gasteiger partial charge in [0.05, 0.1) is 19.2 Å². The van der Waals surface area contributed by atoms with Crippen LogP contribution < -0.4 is 19.5 Å². The first-order valence-electron chi connectivity index (χ1n) is 9.12. The average Bonchev–Trinajstić information content (AvgIpc) is 2.72. The topological polar surface area (TPSA) is 39.7 Å². The molecule has 0 spiro atoms. The van der Waals surface area contributed by atoms with Gasteiger partial charge in [-0.15, -0.1) is 0 Å². The van der Waals surface area contributed by atoms with Gasteiger partial charge in [-0.2, -0.15) is 0 Å². The van der Waals surface area contributed by atoms with Crippen LogP contribution >= 0.6 is 27.5 Å². The first-order chi connectivity index (χ1) is 14.0. The van der Waals surface area contributed by atoms with E-state index in [1.54, 1.807) is 14.2 Å². The van der Waals surface area contributed by atoms with Crippen LogP contribution in [0.2, 0.25) is 5.02 Å². The van der Waals surface area contributed by atoms with Crippen molar-refractivity contribution in [3.8, 4) is 17.2 Å². The number of hydrogen-bond donors (Lipinski definition) is 1. The van der Waals surface area contributed by atoms with Crippen LogP contribution in [0.15, 0.2) is 59.1 Å². The van der Waals surface area contributed by atoms with E-state index in [2.05, 4.69) is 52.4 Å². The maximum Gasteiger partial charge on any atom is 0.162 e. The quantitative estimate of drug-likeness (QED) is 0.396. The highest BCUT2D eigenvalue weighted by atomic mass is 79.9. The summed E-state index contributed by atoms with van der Waals surface area (Å²) in [5.74, 6) is 2.02. The van der Waals surface area contributed by atoms with Crippen molar-refractivity contribution in [2.75, 3.05) is 19.5 Å². The number of ether oxygens (including phenoxy) is 3. The highest BCUT2D eigenvalue weighted by Crippen LogP contribution is 2.35. The van der Waals surface area contributed by atoms with E-state index in [1.807, 2.05) is 30.3 Å². The molecule has 0 aliphatic rings. The molecule has 0 aromatic heterocycles. The molecule has 0 aliphatic heterocycles. The second-order valence-corrected chi connectivity index (χ2v) is 7.83. The molecule has 0 heterocycles. The fraction of sp³-hybridized carbons (Fsp3) is 0.217. The molecule has 152 valence electrons. The molecule has 0 radical (unpaired) electrons. The Morgan fingerprint density at radius 3 is 2.28 bits per heavy atom. The molecule has 0 amide bonds. The Kier molecular flexibility index (Phi) is 7.29. The van der Waals surface area contributed by atoms with Gasteiger partial charge in [0.25, 0.3) is 0 Å². The van der Waals surface area contributed by atoms with Crippen LogP contribution in [0.25, 0.3) is 0 Å². The predicted molar refractivity (Wildman–Crippen MR) is 122 cm³/mol. The largest absolute Gasteiger partial charge is 0.495 e. The highest BCUT2D eigenvalue weighted by Gasteiger charge is 2.11. The molecule has 0 bridgehead atoms. The molecule has 3 rings (SSSR count). The zero-order valence-electron chi connectivity index (χ0n) is 16.6. The second kappa shape index (κ2) is 9.90. The molecule has 3 aromatic carbocycles. The van der Waals surface area contributed by atoms with E-state index in [1.165, 1.54) is 5.56 Å². The fourth-order valence-electron chi connectivity index (χ4n) is 2.80. The number of halogens is 2. The summed E-state index contributed by atoms with van der Waals surface area (Å²) in [6.07, 6.45) is 0. The lowest BCUT2D eigenvalue weighted by Crippen LogP contribution is -2.03. The van der Waals surface area contributed by atoms with E-state index in [0.717, 1.165) is 21.3 Å². The van der Waals surface area contributed by atoms with Crippen LogP contribution in [0.3, 0.4) is 0 Å². The van der Waals surface area contributed by atoms with Crippen LogP contribution in [0, 0.1) is 6.92 Å². The van der Waals surface area contributed by atoms with Crippen molar-refractivity contribution in [2.24, 2.45) is 0 Å². The van der Waals surface area contributed by atoms with Gasteiger partial charge >= 0.3 is 0 Å². The van der Waals surface area contributed by atoms with Gasteiger partial charge in [0, 0.05) is 16.7 Å². The van der Waals surface area contributed by atoms with E-state index in [-0.39, 0.29) is 0 Å². The average molecular weight is 477 g/mol. The van der Waals surface area contributed by atoms with E-state index >= 15 is 0 Å². The van der Waals surface area contributed by atoms with Crippen molar-refractivity contribution >= 4 is 33.2 Å². The van der Waals surface area contributed by atoms with Gasteiger partial charge in [-0.3, -0.25) is 0 Å². The lowest BCUT2D eigenvalue weighted by Gasteiger charge is -2.15. The van der Waals surface area contributed by atoms with Gasteiger partial charge in [-0.1, -0.05) is 57.4 Å². The maximum absolute atomic E-state index is 6.19. The number of nitrogens with one attached hydrogen (secondary N) is 1. The molecule has 0 atom stereocenters. The van der Waals surface area contributed by atoms with Gasteiger partial charge < -0.3 is 19.5 Å². The summed E-state index contributed by atoms with van der Waals surface area (Å²) in [4.78, 5) is 0. The van der Waals surface area contributed by atoms with E-state index in [4.69, 9.17) is 25.8 Å². The minimum Gasteiger partial charge on any atom is -0.495 e. The van der Waals surface area contributed by atoms with Crippen molar-refractivity contribution in [3.05, 3.63) is 80.8 Å². The molecule has 0 fully saturated rings. The third-order valence-electron chi connectivity index (χ3n) is 4.48. The Morgan fingerprint density at radius 2 is 1.62 bits per heavy atom. The van der Waals surface area contributed by atoms with Gasteiger partial charge in [0.2, 0.25) is 0 Å². The molecule has 1 N–H and O–H groups in total. The number of anilines is 1. The monoisotopic (exact) mass is 475 g/mol. The molecular weight excluding hydrogens is 454 g/mol. The maximum atomic E-state index is 6.19. The summed E-state index contributed by atoms with van der Waals surface area (Å²) >= 11 is 9.83. The summed E-state index contributed by atoms with van der Waals surface area (Å²) in [5, 5.41) is 3.93. The number of methoxy groups -OCH3 is 2.